The van der Waals surface area contributed by atoms with Crippen LogP contribution in [0.3, 0.4) is 0 Å². The molecule has 1 heterocycles. The highest BCUT2D eigenvalue weighted by Gasteiger charge is 2.36. The predicted molar refractivity (Wildman–Crippen MR) is 105 cm³/mol. The number of hydrogen-bond donors (Lipinski definition) is 1. The minimum atomic E-state index is -0.161. The van der Waals surface area contributed by atoms with Crippen LogP contribution in [0.15, 0.2) is 78.9 Å². The highest BCUT2D eigenvalue weighted by molar-refractivity contribution is 5.99. The first-order valence-corrected chi connectivity index (χ1v) is 9.05. The summed E-state index contributed by atoms with van der Waals surface area (Å²) in [5.74, 6) is 0.0760. The summed E-state index contributed by atoms with van der Waals surface area (Å²) in [5, 5.41) is 3.55. The summed E-state index contributed by atoms with van der Waals surface area (Å²) in [4.78, 5) is 14.9. The van der Waals surface area contributed by atoms with Gasteiger partial charge in [-0.05, 0) is 35.7 Å². The first-order chi connectivity index (χ1) is 12.8. The molecule has 0 saturated carbocycles. The fraction of sp³-hybridized carbons (Fsp3) is 0.174. The van der Waals surface area contributed by atoms with Crippen LogP contribution in [0.5, 0.6) is 0 Å². The van der Waals surface area contributed by atoms with Crippen LogP contribution in [0, 0.1) is 0 Å². The van der Waals surface area contributed by atoms with Gasteiger partial charge < -0.3 is 10.2 Å². The fourth-order valence-corrected chi connectivity index (χ4v) is 3.46. The Kier molecular flexibility index (Phi) is 4.44. The molecular formula is C23H22N2O. The van der Waals surface area contributed by atoms with Gasteiger partial charge >= 0.3 is 0 Å². The van der Waals surface area contributed by atoms with Gasteiger partial charge in [-0.2, -0.15) is 0 Å². The van der Waals surface area contributed by atoms with Gasteiger partial charge in [0.1, 0.15) is 6.17 Å². The van der Waals surface area contributed by atoms with E-state index < -0.39 is 0 Å². The van der Waals surface area contributed by atoms with Crippen LogP contribution >= 0.6 is 0 Å². The molecule has 3 heteroatoms. The molecular weight excluding hydrogens is 320 g/mol. The summed E-state index contributed by atoms with van der Waals surface area (Å²) in [6.07, 6.45) is 0.858. The summed E-state index contributed by atoms with van der Waals surface area (Å²) < 4.78 is 0. The minimum absolute atomic E-state index is 0.0760. The van der Waals surface area contributed by atoms with Crippen LogP contribution < -0.4 is 5.32 Å². The molecule has 0 aliphatic carbocycles. The number of carbonyl (C=O) groups is 1. The standard InChI is InChI=1S/C23H22N2O/c1-2-17-12-14-19(15-13-17)24-22-20-10-6-7-11-21(20)23(26)25(22)16-18-8-4-3-5-9-18/h3-15,22,24H,2,16H2,1H3/t22-/m0/s1. The SMILES string of the molecule is CCc1ccc(N[C@@H]2c3ccccc3C(=O)N2Cc2ccccc2)cc1. The number of nitrogens with one attached hydrogen (secondary N) is 1. The van der Waals surface area contributed by atoms with E-state index in [1.807, 2.05) is 47.4 Å². The van der Waals surface area contributed by atoms with Gasteiger partial charge in [0.25, 0.3) is 5.91 Å². The summed E-state index contributed by atoms with van der Waals surface area (Å²) >= 11 is 0. The summed E-state index contributed by atoms with van der Waals surface area (Å²) in [6.45, 7) is 2.73. The quantitative estimate of drug-likeness (QED) is 0.706. The van der Waals surface area contributed by atoms with Crippen molar-refractivity contribution in [2.45, 2.75) is 26.1 Å². The number of benzene rings is 3. The summed E-state index contributed by atoms with van der Waals surface area (Å²) in [5.41, 5.74) is 5.27. The van der Waals surface area contributed by atoms with E-state index in [9.17, 15) is 4.79 Å². The van der Waals surface area contributed by atoms with Crippen LogP contribution in [0.25, 0.3) is 0 Å². The van der Waals surface area contributed by atoms with Crippen molar-refractivity contribution in [2.75, 3.05) is 5.32 Å². The zero-order valence-corrected chi connectivity index (χ0v) is 14.9. The smallest absolute Gasteiger partial charge is 0.256 e. The van der Waals surface area contributed by atoms with Gasteiger partial charge in [0.05, 0.1) is 0 Å². The van der Waals surface area contributed by atoms with E-state index in [-0.39, 0.29) is 12.1 Å². The van der Waals surface area contributed by atoms with Crippen molar-refractivity contribution in [3.05, 3.63) is 101 Å². The molecule has 1 aliphatic heterocycles. The van der Waals surface area contributed by atoms with E-state index in [0.29, 0.717) is 6.54 Å². The normalized spacial score (nSPS) is 15.8. The molecule has 0 radical (unpaired) electrons. The van der Waals surface area contributed by atoms with E-state index >= 15 is 0 Å². The third kappa shape index (κ3) is 3.08. The van der Waals surface area contributed by atoms with Gasteiger partial charge in [0.2, 0.25) is 0 Å². The number of hydrogen-bond acceptors (Lipinski definition) is 2. The number of carbonyl (C=O) groups excluding carboxylic acids is 1. The van der Waals surface area contributed by atoms with Crippen molar-refractivity contribution >= 4 is 11.6 Å². The zero-order chi connectivity index (χ0) is 17.9. The van der Waals surface area contributed by atoms with Crippen molar-refractivity contribution in [1.29, 1.82) is 0 Å². The molecule has 0 spiro atoms. The number of amides is 1. The molecule has 0 saturated heterocycles. The Morgan fingerprint density at radius 1 is 0.846 bits per heavy atom. The lowest BCUT2D eigenvalue weighted by Crippen LogP contribution is -2.31. The maximum Gasteiger partial charge on any atom is 0.256 e. The molecule has 26 heavy (non-hydrogen) atoms. The molecule has 0 unspecified atom stereocenters. The molecule has 0 bridgehead atoms. The second kappa shape index (κ2) is 7.04. The number of aryl methyl sites for hydroxylation is 1. The lowest BCUT2D eigenvalue weighted by atomic mass is 10.1. The van der Waals surface area contributed by atoms with Crippen molar-refractivity contribution < 1.29 is 4.79 Å². The second-order valence-electron chi connectivity index (χ2n) is 6.60. The topological polar surface area (TPSA) is 32.3 Å². The molecule has 1 atom stereocenters. The molecule has 0 fully saturated rings. The molecule has 1 amide bonds. The number of fused-ring (bicyclic) bond motifs is 1. The lowest BCUT2D eigenvalue weighted by Gasteiger charge is -2.27. The second-order valence-corrected chi connectivity index (χ2v) is 6.60. The Bertz CT molecular complexity index is 903. The van der Waals surface area contributed by atoms with Crippen LogP contribution in [0.2, 0.25) is 0 Å². The van der Waals surface area contributed by atoms with Gasteiger partial charge in [-0.15, -0.1) is 0 Å². The predicted octanol–water partition coefficient (Wildman–Crippen LogP) is 5.02. The molecule has 4 rings (SSSR count). The Hall–Kier alpha value is -3.07. The molecule has 130 valence electrons. The van der Waals surface area contributed by atoms with Crippen LogP contribution in [-0.4, -0.2) is 10.8 Å². The first kappa shape index (κ1) is 16.4. The molecule has 3 aromatic rings. The zero-order valence-electron chi connectivity index (χ0n) is 14.9. The van der Waals surface area contributed by atoms with Crippen molar-refractivity contribution in [3.8, 4) is 0 Å². The average molecular weight is 342 g/mol. The summed E-state index contributed by atoms with van der Waals surface area (Å²) in [7, 11) is 0. The molecule has 0 aromatic heterocycles. The third-order valence-corrected chi connectivity index (χ3v) is 4.92. The Labute approximate surface area is 154 Å². The minimum Gasteiger partial charge on any atom is -0.361 e. The van der Waals surface area contributed by atoms with Gasteiger partial charge in [-0.3, -0.25) is 4.79 Å². The van der Waals surface area contributed by atoms with E-state index in [1.165, 1.54) is 5.56 Å². The highest BCUT2D eigenvalue weighted by atomic mass is 16.2. The molecule has 3 nitrogen and oxygen atoms in total. The Balaban J connectivity index is 1.66. The van der Waals surface area contributed by atoms with E-state index in [2.05, 4.69) is 48.6 Å². The van der Waals surface area contributed by atoms with Gasteiger partial charge in [-0.1, -0.05) is 67.6 Å². The lowest BCUT2D eigenvalue weighted by molar-refractivity contribution is 0.0729. The van der Waals surface area contributed by atoms with Crippen molar-refractivity contribution in [2.24, 2.45) is 0 Å². The molecule has 1 aliphatic rings. The molecule has 3 aromatic carbocycles. The van der Waals surface area contributed by atoms with Gasteiger partial charge in [-0.25, -0.2) is 0 Å². The number of nitrogens with zero attached hydrogens (tertiary/aromatic N) is 1. The van der Waals surface area contributed by atoms with Crippen molar-refractivity contribution in [3.63, 3.8) is 0 Å². The van der Waals surface area contributed by atoms with Crippen LogP contribution in [-0.2, 0) is 13.0 Å². The Morgan fingerprint density at radius 3 is 2.27 bits per heavy atom. The maximum atomic E-state index is 13.0. The number of anilines is 1. The first-order valence-electron chi connectivity index (χ1n) is 9.05. The average Bonchev–Trinajstić information content (AvgIpc) is 2.95. The summed E-state index contributed by atoms with van der Waals surface area (Å²) in [6, 6.07) is 26.4. The van der Waals surface area contributed by atoms with Gasteiger partial charge in [0, 0.05) is 23.4 Å². The number of rotatable bonds is 5. The fourth-order valence-electron chi connectivity index (χ4n) is 3.46. The largest absolute Gasteiger partial charge is 0.361 e. The van der Waals surface area contributed by atoms with Crippen LogP contribution in [0.1, 0.15) is 40.1 Å². The van der Waals surface area contributed by atoms with Crippen molar-refractivity contribution in [1.82, 2.24) is 4.90 Å². The third-order valence-electron chi connectivity index (χ3n) is 4.92. The van der Waals surface area contributed by atoms with Gasteiger partial charge in [0.15, 0.2) is 0 Å². The van der Waals surface area contributed by atoms with E-state index in [4.69, 9.17) is 0 Å². The monoisotopic (exact) mass is 342 g/mol. The highest BCUT2D eigenvalue weighted by Crippen LogP contribution is 2.35. The van der Waals surface area contributed by atoms with E-state index in [0.717, 1.165) is 28.8 Å². The van der Waals surface area contributed by atoms with E-state index in [1.54, 1.807) is 0 Å². The Morgan fingerprint density at radius 2 is 1.54 bits per heavy atom. The van der Waals surface area contributed by atoms with Crippen LogP contribution in [0.4, 0.5) is 5.69 Å². The maximum absolute atomic E-state index is 13.0. The molecule has 1 N–H and O–H groups in total.